The minimum atomic E-state index is 0.0239. The summed E-state index contributed by atoms with van der Waals surface area (Å²) in [7, 11) is 5.48. The second kappa shape index (κ2) is 8.97. The highest BCUT2D eigenvalue weighted by atomic mass is 32.2. The molecule has 0 spiro atoms. The van der Waals surface area contributed by atoms with Crippen LogP contribution < -0.4 is 9.47 Å². The van der Waals surface area contributed by atoms with Gasteiger partial charge in [0.25, 0.3) is 0 Å². The molecule has 2 fully saturated rings. The van der Waals surface area contributed by atoms with E-state index in [1.165, 1.54) is 0 Å². The maximum Gasteiger partial charge on any atom is 0.233 e. The number of benzene rings is 1. The van der Waals surface area contributed by atoms with Gasteiger partial charge in [-0.3, -0.25) is 4.79 Å². The monoisotopic (exact) mass is 379 g/mol. The van der Waals surface area contributed by atoms with E-state index >= 15 is 0 Å². The molecule has 6 nitrogen and oxygen atoms in total. The topological polar surface area (TPSA) is 45.2 Å². The highest BCUT2D eigenvalue weighted by Crippen LogP contribution is 2.43. The molecule has 0 saturated carbocycles. The number of nitrogens with zero attached hydrogens (tertiary/aromatic N) is 3. The largest absolute Gasteiger partial charge is 0.497 e. The van der Waals surface area contributed by atoms with Gasteiger partial charge in [-0.15, -0.1) is 11.8 Å². The van der Waals surface area contributed by atoms with E-state index in [9.17, 15) is 4.79 Å². The van der Waals surface area contributed by atoms with E-state index < -0.39 is 0 Å². The number of ether oxygens (including phenoxy) is 2. The third kappa shape index (κ3) is 4.45. The maximum absolute atomic E-state index is 12.4. The van der Waals surface area contributed by atoms with Crippen LogP contribution in [-0.2, 0) is 4.79 Å². The zero-order valence-corrected chi connectivity index (χ0v) is 16.8. The summed E-state index contributed by atoms with van der Waals surface area (Å²) >= 11 is 1.68. The van der Waals surface area contributed by atoms with Crippen LogP contribution in [0, 0.1) is 0 Å². The van der Waals surface area contributed by atoms with Crippen molar-refractivity contribution in [2.75, 3.05) is 66.3 Å². The minimum absolute atomic E-state index is 0.0239. The van der Waals surface area contributed by atoms with Gasteiger partial charge in [-0.05, 0) is 32.1 Å². The van der Waals surface area contributed by atoms with Crippen LogP contribution in [0.2, 0.25) is 0 Å². The van der Waals surface area contributed by atoms with E-state index in [4.69, 9.17) is 9.47 Å². The highest BCUT2D eigenvalue weighted by molar-refractivity contribution is 8.00. The summed E-state index contributed by atoms with van der Waals surface area (Å²) in [6, 6.07) is 5.84. The summed E-state index contributed by atoms with van der Waals surface area (Å²) in [6.07, 6.45) is 1.00. The van der Waals surface area contributed by atoms with Crippen molar-refractivity contribution in [3.63, 3.8) is 0 Å². The minimum Gasteiger partial charge on any atom is -0.497 e. The summed E-state index contributed by atoms with van der Waals surface area (Å²) in [5.74, 6) is 2.30. The number of methoxy groups -OCH3 is 2. The zero-order valence-electron chi connectivity index (χ0n) is 15.9. The number of hydrogen-bond donors (Lipinski definition) is 0. The van der Waals surface area contributed by atoms with Crippen molar-refractivity contribution >= 4 is 17.7 Å². The van der Waals surface area contributed by atoms with Crippen LogP contribution in [0.5, 0.6) is 11.5 Å². The molecule has 0 aliphatic carbocycles. The van der Waals surface area contributed by atoms with Crippen molar-refractivity contribution in [3.05, 3.63) is 23.8 Å². The van der Waals surface area contributed by atoms with E-state index in [0.717, 1.165) is 62.8 Å². The molecule has 26 heavy (non-hydrogen) atoms. The Kier molecular flexibility index (Phi) is 6.67. The molecular weight excluding hydrogens is 350 g/mol. The fourth-order valence-electron chi connectivity index (χ4n) is 3.51. The normalized spacial score (nSPS) is 22.0. The van der Waals surface area contributed by atoms with E-state index in [1.54, 1.807) is 26.0 Å². The third-order valence-electron chi connectivity index (χ3n) is 5.14. The lowest BCUT2D eigenvalue weighted by molar-refractivity contribution is -0.128. The Morgan fingerprint density at radius 2 is 1.88 bits per heavy atom. The first kappa shape index (κ1) is 19.3. The number of likely N-dealkylation sites (N-methyl/N-ethyl adjacent to an activating group) is 1. The van der Waals surface area contributed by atoms with Crippen molar-refractivity contribution in [1.82, 2.24) is 14.7 Å². The Balaban J connectivity index is 1.62. The molecule has 0 bridgehead atoms. The predicted octanol–water partition coefficient (Wildman–Crippen LogP) is 1.92. The van der Waals surface area contributed by atoms with Gasteiger partial charge in [0.05, 0.1) is 20.0 Å². The summed E-state index contributed by atoms with van der Waals surface area (Å²) < 4.78 is 10.8. The summed E-state index contributed by atoms with van der Waals surface area (Å²) in [5, 5.41) is 0.0239. The standard InChI is InChI=1S/C19H29N3O3S/c1-20-9-11-21(12-10-20)7-4-8-22-18(23)14-26-19(22)16-6-5-15(24-2)13-17(16)25-3/h5-6,13,19H,4,7-12,14H2,1-3H3. The molecule has 2 aliphatic rings. The Morgan fingerprint density at radius 1 is 1.12 bits per heavy atom. The average molecular weight is 380 g/mol. The van der Waals surface area contributed by atoms with Crippen molar-refractivity contribution in [3.8, 4) is 11.5 Å². The molecule has 1 amide bonds. The van der Waals surface area contributed by atoms with Gasteiger partial charge in [0, 0.05) is 44.4 Å². The van der Waals surface area contributed by atoms with Crippen LogP contribution in [0.1, 0.15) is 17.4 Å². The average Bonchev–Trinajstić information content (AvgIpc) is 3.03. The molecule has 1 unspecified atom stereocenters. The Labute approximate surface area is 160 Å². The third-order valence-corrected chi connectivity index (χ3v) is 6.38. The van der Waals surface area contributed by atoms with Crippen LogP contribution in [0.3, 0.4) is 0 Å². The molecule has 0 aromatic heterocycles. The van der Waals surface area contributed by atoms with E-state index in [2.05, 4.69) is 16.8 Å². The smallest absolute Gasteiger partial charge is 0.233 e. The lowest BCUT2D eigenvalue weighted by atomic mass is 10.1. The van der Waals surface area contributed by atoms with Gasteiger partial charge >= 0.3 is 0 Å². The quantitative estimate of drug-likeness (QED) is 0.721. The molecule has 1 aromatic rings. The van der Waals surface area contributed by atoms with Gasteiger partial charge in [0.1, 0.15) is 16.9 Å². The number of hydrogen-bond acceptors (Lipinski definition) is 6. The van der Waals surface area contributed by atoms with Gasteiger partial charge in [0.15, 0.2) is 0 Å². The molecule has 1 atom stereocenters. The first-order chi connectivity index (χ1) is 12.6. The van der Waals surface area contributed by atoms with E-state index in [0.29, 0.717) is 5.75 Å². The number of thioether (sulfide) groups is 1. The number of carbonyl (C=O) groups excluding carboxylic acids is 1. The molecule has 2 saturated heterocycles. The van der Waals surface area contributed by atoms with Crippen molar-refractivity contribution < 1.29 is 14.3 Å². The molecule has 0 radical (unpaired) electrons. The lowest BCUT2D eigenvalue weighted by Gasteiger charge is -2.33. The molecule has 7 heteroatoms. The van der Waals surface area contributed by atoms with Crippen LogP contribution in [0.4, 0.5) is 0 Å². The summed E-state index contributed by atoms with van der Waals surface area (Å²) in [5.41, 5.74) is 1.05. The Bertz CT molecular complexity index is 620. The molecule has 2 heterocycles. The van der Waals surface area contributed by atoms with Gasteiger partial charge in [-0.1, -0.05) is 0 Å². The van der Waals surface area contributed by atoms with Crippen LogP contribution in [0.15, 0.2) is 18.2 Å². The molecule has 144 valence electrons. The van der Waals surface area contributed by atoms with Gasteiger partial charge in [-0.2, -0.15) is 0 Å². The Morgan fingerprint density at radius 3 is 2.58 bits per heavy atom. The summed E-state index contributed by atoms with van der Waals surface area (Å²) in [6.45, 7) is 6.34. The van der Waals surface area contributed by atoms with E-state index in [1.807, 2.05) is 23.1 Å². The van der Waals surface area contributed by atoms with Crippen LogP contribution in [0.25, 0.3) is 0 Å². The molecular formula is C19H29N3O3S. The molecule has 3 rings (SSSR count). The fourth-order valence-corrected chi connectivity index (χ4v) is 4.76. The SMILES string of the molecule is COc1ccc(C2SCC(=O)N2CCCN2CCN(C)CC2)c(OC)c1. The lowest BCUT2D eigenvalue weighted by Crippen LogP contribution is -2.45. The van der Waals surface area contributed by atoms with Crippen LogP contribution >= 0.6 is 11.8 Å². The molecule has 0 N–H and O–H groups in total. The van der Waals surface area contributed by atoms with Gasteiger partial charge in [0.2, 0.25) is 5.91 Å². The second-order valence-electron chi connectivity index (χ2n) is 6.86. The number of piperazine rings is 1. The van der Waals surface area contributed by atoms with Gasteiger partial charge < -0.3 is 24.2 Å². The van der Waals surface area contributed by atoms with Crippen molar-refractivity contribution in [2.45, 2.75) is 11.8 Å². The highest BCUT2D eigenvalue weighted by Gasteiger charge is 2.34. The maximum atomic E-state index is 12.4. The number of carbonyl (C=O) groups is 1. The second-order valence-corrected chi connectivity index (χ2v) is 7.93. The van der Waals surface area contributed by atoms with Gasteiger partial charge in [-0.25, -0.2) is 0 Å². The van der Waals surface area contributed by atoms with E-state index in [-0.39, 0.29) is 11.3 Å². The molecule has 1 aromatic carbocycles. The first-order valence-electron chi connectivity index (χ1n) is 9.16. The number of amides is 1. The fraction of sp³-hybridized carbons (Fsp3) is 0.632. The van der Waals surface area contributed by atoms with Crippen molar-refractivity contribution in [1.29, 1.82) is 0 Å². The van der Waals surface area contributed by atoms with Crippen molar-refractivity contribution in [2.24, 2.45) is 0 Å². The number of rotatable bonds is 7. The summed E-state index contributed by atoms with van der Waals surface area (Å²) in [4.78, 5) is 19.3. The predicted molar refractivity (Wildman–Crippen MR) is 105 cm³/mol. The Hall–Kier alpha value is -1.44. The zero-order chi connectivity index (χ0) is 18.5. The van der Waals surface area contributed by atoms with Crippen LogP contribution in [-0.4, -0.2) is 86.9 Å². The molecule has 2 aliphatic heterocycles. The first-order valence-corrected chi connectivity index (χ1v) is 10.2.